The fourth-order valence-electron chi connectivity index (χ4n) is 3.23. The topological polar surface area (TPSA) is 138 Å². The van der Waals surface area contributed by atoms with E-state index in [0.29, 0.717) is 11.5 Å². The molecule has 0 amide bonds. The SMILES string of the molecule is NC1(C2CC2)N=C(Cl)Nc2c1ncn2[C@@H]1O[C@H](CO)[C@@H](O)[C@H]1O. The molecule has 3 aliphatic rings. The van der Waals surface area contributed by atoms with Gasteiger partial charge in [0.15, 0.2) is 17.2 Å². The molecule has 0 radical (unpaired) electrons. The van der Waals surface area contributed by atoms with Gasteiger partial charge in [-0.15, -0.1) is 0 Å². The molecule has 1 aromatic rings. The highest BCUT2D eigenvalue weighted by molar-refractivity contribution is 6.67. The number of anilines is 1. The number of nitrogens with one attached hydrogen (secondary N) is 1. The Morgan fingerprint density at radius 3 is 2.78 bits per heavy atom. The van der Waals surface area contributed by atoms with Crippen molar-refractivity contribution in [3.63, 3.8) is 0 Å². The van der Waals surface area contributed by atoms with Crippen LogP contribution in [0.3, 0.4) is 0 Å². The van der Waals surface area contributed by atoms with Crippen molar-refractivity contribution in [3.05, 3.63) is 12.0 Å². The van der Waals surface area contributed by atoms with Gasteiger partial charge in [-0.05, 0) is 24.4 Å². The molecule has 0 aromatic carbocycles. The summed E-state index contributed by atoms with van der Waals surface area (Å²) < 4.78 is 7.06. The lowest BCUT2D eigenvalue weighted by atomic mass is 10.0. The molecule has 5 atom stereocenters. The number of hydrogen-bond donors (Lipinski definition) is 5. The normalized spacial score (nSPS) is 39.8. The highest BCUT2D eigenvalue weighted by Crippen LogP contribution is 2.49. The lowest BCUT2D eigenvalue weighted by molar-refractivity contribution is -0.0518. The second-order valence-corrected chi connectivity index (χ2v) is 6.56. The van der Waals surface area contributed by atoms with Crippen LogP contribution in [0.15, 0.2) is 11.3 Å². The van der Waals surface area contributed by atoms with Crippen molar-refractivity contribution in [2.45, 2.75) is 43.0 Å². The Hall–Kier alpha value is -1.23. The van der Waals surface area contributed by atoms with Crippen LogP contribution >= 0.6 is 11.6 Å². The molecule has 1 unspecified atom stereocenters. The summed E-state index contributed by atoms with van der Waals surface area (Å²) in [5.74, 6) is 0.653. The predicted molar refractivity (Wildman–Crippen MR) is 80.7 cm³/mol. The minimum absolute atomic E-state index is 0.139. The number of rotatable bonds is 3. The number of amidine groups is 1. The number of hydrogen-bond acceptors (Lipinski definition) is 8. The van der Waals surface area contributed by atoms with Gasteiger partial charge in [-0.1, -0.05) is 0 Å². The molecule has 1 saturated heterocycles. The molecule has 2 aliphatic heterocycles. The quantitative estimate of drug-likeness (QED) is 0.445. The molecule has 1 aliphatic carbocycles. The minimum atomic E-state index is -1.21. The lowest BCUT2D eigenvalue weighted by Gasteiger charge is -2.30. The van der Waals surface area contributed by atoms with Crippen LogP contribution in [0.1, 0.15) is 24.8 Å². The van der Waals surface area contributed by atoms with Gasteiger partial charge in [0, 0.05) is 5.92 Å². The van der Waals surface area contributed by atoms with E-state index in [1.807, 2.05) is 0 Å². The molecule has 10 heteroatoms. The van der Waals surface area contributed by atoms with Gasteiger partial charge in [-0.3, -0.25) is 4.57 Å². The summed E-state index contributed by atoms with van der Waals surface area (Å²) in [7, 11) is 0. The predicted octanol–water partition coefficient (Wildman–Crippen LogP) is -0.964. The van der Waals surface area contributed by atoms with Crippen molar-refractivity contribution in [2.24, 2.45) is 16.6 Å². The Kier molecular flexibility index (Phi) is 3.42. The monoisotopic (exact) mass is 343 g/mol. The number of aliphatic hydroxyl groups is 3. The van der Waals surface area contributed by atoms with Gasteiger partial charge in [0.1, 0.15) is 29.8 Å². The van der Waals surface area contributed by atoms with Crippen molar-refractivity contribution in [2.75, 3.05) is 11.9 Å². The van der Waals surface area contributed by atoms with Crippen LogP contribution in [0.4, 0.5) is 5.82 Å². The number of nitrogens with two attached hydrogens (primary N) is 1. The maximum absolute atomic E-state index is 10.2. The zero-order chi connectivity index (χ0) is 16.4. The number of aromatic nitrogens is 2. The van der Waals surface area contributed by atoms with Gasteiger partial charge in [0.05, 0.1) is 12.9 Å². The second kappa shape index (κ2) is 5.13. The highest BCUT2D eigenvalue weighted by Gasteiger charge is 2.51. The molecule has 23 heavy (non-hydrogen) atoms. The first-order chi connectivity index (χ1) is 11.0. The Balaban J connectivity index is 1.73. The standard InChI is InChI=1S/C13H18ClN5O4/c14-12-17-10-9(13(15,18-12)5-1-2-5)16-4-19(10)11-8(22)7(21)6(3-20)23-11/h4-8,11,20-22H,1-3,15H2,(H,17,18)/t6-,7-,8-,11-,13?/m1/s1. The third-order valence-corrected chi connectivity index (χ3v) is 4.85. The van der Waals surface area contributed by atoms with E-state index in [2.05, 4.69) is 15.3 Å². The summed E-state index contributed by atoms with van der Waals surface area (Å²) in [5, 5.41) is 32.4. The van der Waals surface area contributed by atoms with Crippen molar-refractivity contribution >= 4 is 22.7 Å². The number of imidazole rings is 1. The number of nitrogens with zero attached hydrogens (tertiary/aromatic N) is 3. The lowest BCUT2D eigenvalue weighted by Crippen LogP contribution is -2.42. The molecule has 0 bridgehead atoms. The molecule has 1 aromatic heterocycles. The van der Waals surface area contributed by atoms with E-state index < -0.39 is 36.8 Å². The molecule has 1 saturated carbocycles. The average molecular weight is 344 g/mol. The van der Waals surface area contributed by atoms with Crippen molar-refractivity contribution < 1.29 is 20.1 Å². The smallest absolute Gasteiger partial charge is 0.199 e. The first kappa shape index (κ1) is 15.3. The van der Waals surface area contributed by atoms with Crippen molar-refractivity contribution in [1.29, 1.82) is 0 Å². The van der Waals surface area contributed by atoms with E-state index in [4.69, 9.17) is 22.1 Å². The summed E-state index contributed by atoms with van der Waals surface area (Å²) in [6.45, 7) is -0.399. The summed E-state index contributed by atoms with van der Waals surface area (Å²) in [6, 6.07) is 0. The van der Waals surface area contributed by atoms with Crippen LogP contribution in [-0.4, -0.2) is 55.1 Å². The van der Waals surface area contributed by atoms with Gasteiger partial charge >= 0.3 is 0 Å². The Labute approximate surface area is 136 Å². The minimum Gasteiger partial charge on any atom is -0.394 e. The zero-order valence-electron chi connectivity index (χ0n) is 12.1. The largest absolute Gasteiger partial charge is 0.394 e. The van der Waals surface area contributed by atoms with E-state index in [9.17, 15) is 15.3 Å². The third-order valence-electron chi connectivity index (χ3n) is 4.67. The second-order valence-electron chi connectivity index (χ2n) is 6.21. The van der Waals surface area contributed by atoms with E-state index in [-0.39, 0.29) is 11.2 Å². The summed E-state index contributed by atoms with van der Waals surface area (Å²) in [5.41, 5.74) is 5.94. The van der Waals surface area contributed by atoms with Gasteiger partial charge in [-0.2, -0.15) is 0 Å². The van der Waals surface area contributed by atoms with Gasteiger partial charge < -0.3 is 31.1 Å². The summed E-state index contributed by atoms with van der Waals surface area (Å²) >= 11 is 6.08. The van der Waals surface area contributed by atoms with Gasteiger partial charge in [0.25, 0.3) is 0 Å². The summed E-state index contributed by atoms with van der Waals surface area (Å²) in [6.07, 6.45) is -0.814. The number of aliphatic imine (C=N–C) groups is 1. The molecule has 2 fully saturated rings. The Morgan fingerprint density at radius 2 is 2.17 bits per heavy atom. The van der Waals surface area contributed by atoms with Crippen LogP contribution in [0.25, 0.3) is 0 Å². The van der Waals surface area contributed by atoms with Crippen LogP contribution in [0.5, 0.6) is 0 Å². The summed E-state index contributed by atoms with van der Waals surface area (Å²) in [4.78, 5) is 8.64. The average Bonchev–Trinajstić information content (AvgIpc) is 3.24. The number of fused-ring (bicyclic) bond motifs is 1. The first-order valence-electron chi connectivity index (χ1n) is 7.46. The van der Waals surface area contributed by atoms with E-state index in [0.717, 1.165) is 12.8 Å². The van der Waals surface area contributed by atoms with Crippen LogP contribution in [-0.2, 0) is 10.4 Å². The fraction of sp³-hybridized carbons (Fsp3) is 0.692. The zero-order valence-corrected chi connectivity index (χ0v) is 12.9. The van der Waals surface area contributed by atoms with Gasteiger partial charge in [-0.25, -0.2) is 9.98 Å². The molecule has 6 N–H and O–H groups in total. The maximum Gasteiger partial charge on any atom is 0.199 e. The molecule has 4 rings (SSSR count). The number of halogens is 1. The molecule has 3 heterocycles. The number of ether oxygens (including phenoxy) is 1. The van der Waals surface area contributed by atoms with Crippen LogP contribution in [0.2, 0.25) is 0 Å². The molecular formula is C13H18ClN5O4. The van der Waals surface area contributed by atoms with E-state index in [1.54, 1.807) is 0 Å². The fourth-order valence-corrected chi connectivity index (χ4v) is 3.46. The number of aliphatic hydroxyl groups excluding tert-OH is 3. The molecule has 126 valence electrons. The van der Waals surface area contributed by atoms with Gasteiger partial charge in [0.2, 0.25) is 0 Å². The van der Waals surface area contributed by atoms with Crippen LogP contribution in [0, 0.1) is 5.92 Å². The highest BCUT2D eigenvalue weighted by atomic mass is 35.5. The van der Waals surface area contributed by atoms with Crippen molar-refractivity contribution in [1.82, 2.24) is 9.55 Å². The molecule has 9 nitrogen and oxygen atoms in total. The molecular weight excluding hydrogens is 326 g/mol. The first-order valence-corrected chi connectivity index (χ1v) is 7.84. The van der Waals surface area contributed by atoms with Crippen LogP contribution < -0.4 is 11.1 Å². The van der Waals surface area contributed by atoms with Crippen molar-refractivity contribution in [3.8, 4) is 0 Å². The Bertz CT molecular complexity index is 663. The maximum atomic E-state index is 10.2. The Morgan fingerprint density at radius 1 is 1.43 bits per heavy atom. The molecule has 0 spiro atoms. The van der Waals surface area contributed by atoms with E-state index >= 15 is 0 Å². The third kappa shape index (κ3) is 2.19. The van der Waals surface area contributed by atoms with E-state index in [1.165, 1.54) is 10.9 Å².